The van der Waals surface area contributed by atoms with Crippen LogP contribution in [0.2, 0.25) is 0 Å². The van der Waals surface area contributed by atoms with Crippen LogP contribution in [-0.2, 0) is 43.7 Å². The third kappa shape index (κ3) is 5.54. The van der Waals surface area contributed by atoms with E-state index in [-0.39, 0.29) is 23.9 Å². The van der Waals surface area contributed by atoms with Crippen LogP contribution in [0.5, 0.6) is 0 Å². The number of fused-ring (bicyclic) bond motifs is 3. The predicted octanol–water partition coefficient (Wildman–Crippen LogP) is 2.51. The summed E-state index contributed by atoms with van der Waals surface area (Å²) in [7, 11) is 1.70. The molecular weight excluding hydrogens is 586 g/mol. The monoisotopic (exact) mass is 621 g/mol. The predicted molar refractivity (Wildman–Crippen MR) is 170 cm³/mol. The van der Waals surface area contributed by atoms with Crippen LogP contribution in [-0.4, -0.2) is 88.8 Å². The lowest BCUT2D eigenvalue weighted by atomic mass is 9.79. The van der Waals surface area contributed by atoms with Gasteiger partial charge in [-0.15, -0.1) is 0 Å². The van der Waals surface area contributed by atoms with Gasteiger partial charge >= 0.3 is 0 Å². The molecule has 0 saturated heterocycles. The van der Waals surface area contributed by atoms with E-state index in [4.69, 9.17) is 14.5 Å². The topological polar surface area (TPSA) is 151 Å². The van der Waals surface area contributed by atoms with Crippen molar-refractivity contribution >= 4 is 40.5 Å². The molecular formula is C34H35N7O5. The normalized spacial score (nSPS) is 22.8. The summed E-state index contributed by atoms with van der Waals surface area (Å²) >= 11 is 0. The molecule has 2 aliphatic heterocycles. The zero-order valence-corrected chi connectivity index (χ0v) is 25.8. The second-order valence-corrected chi connectivity index (χ2v) is 12.2. The number of benzene rings is 1. The smallest absolute Gasteiger partial charge is 0.270 e. The SMILES string of the molecule is Cc1cc(C[C@H]2NC(=O)c3ccc4c(n3)CC3(C4)C(=O)Nc4ncc(cc43)/C=C\COCCOCCN(C)C2=O)cc2cn[nH]c12. The maximum Gasteiger partial charge on any atom is 0.270 e. The summed E-state index contributed by atoms with van der Waals surface area (Å²) in [6.45, 7) is 3.81. The first-order valence-electron chi connectivity index (χ1n) is 15.4. The van der Waals surface area contributed by atoms with Gasteiger partial charge in [-0.3, -0.25) is 19.5 Å². The Morgan fingerprint density at radius 1 is 1.04 bits per heavy atom. The molecule has 0 saturated carbocycles. The number of carbonyl (C=O) groups excluding carboxylic acids is 3. The standard InChI is InChI=1S/C34H35N7O5/c1-20-12-22(13-24-19-36-40-29(20)24)15-27-32(43)41(2)7-9-46-11-10-45-8-3-4-21-14-25-30(35-18-21)39-33(44)34(25)16-23-5-6-26(31(42)38-27)37-28(23)17-34/h3-6,12-14,18-19,27H,7-11,15-17H2,1-2H3,(H,36,40)(H,38,42)(H,35,39,44)/b4-3-/t27-,34?/m1/s1. The van der Waals surface area contributed by atoms with Crippen LogP contribution in [0.15, 0.2) is 48.8 Å². The van der Waals surface area contributed by atoms with Crippen LogP contribution in [0.25, 0.3) is 17.0 Å². The Hall–Kier alpha value is -4.94. The van der Waals surface area contributed by atoms with Gasteiger partial charge in [-0.25, -0.2) is 9.97 Å². The molecule has 7 rings (SSSR count). The van der Waals surface area contributed by atoms with E-state index in [1.165, 1.54) is 0 Å². The van der Waals surface area contributed by atoms with Gasteiger partial charge in [0.1, 0.15) is 17.6 Å². The summed E-state index contributed by atoms with van der Waals surface area (Å²) in [6.07, 6.45) is 8.37. The molecule has 3 aliphatic rings. The van der Waals surface area contributed by atoms with Gasteiger partial charge < -0.3 is 25.0 Å². The van der Waals surface area contributed by atoms with Gasteiger partial charge in [0.25, 0.3) is 5.91 Å². The summed E-state index contributed by atoms with van der Waals surface area (Å²) in [5.41, 5.74) is 5.43. The summed E-state index contributed by atoms with van der Waals surface area (Å²) in [4.78, 5) is 51.7. The van der Waals surface area contributed by atoms with E-state index in [9.17, 15) is 14.4 Å². The van der Waals surface area contributed by atoms with Crippen molar-refractivity contribution in [3.63, 3.8) is 0 Å². The number of rotatable bonds is 2. The number of hydrogen-bond donors (Lipinski definition) is 3. The molecule has 0 fully saturated rings. The second-order valence-electron chi connectivity index (χ2n) is 12.2. The number of hydrogen-bond acceptors (Lipinski definition) is 8. The number of carbonyl (C=O) groups is 3. The molecule has 12 heteroatoms. The third-order valence-electron chi connectivity index (χ3n) is 9.05. The summed E-state index contributed by atoms with van der Waals surface area (Å²) in [5.74, 6) is -0.285. The van der Waals surface area contributed by atoms with Gasteiger partial charge in [0.05, 0.1) is 43.6 Å². The van der Waals surface area contributed by atoms with Gasteiger partial charge in [0.2, 0.25) is 11.8 Å². The Balaban J connectivity index is 1.20. The zero-order chi connectivity index (χ0) is 31.8. The third-order valence-corrected chi connectivity index (χ3v) is 9.05. The average molecular weight is 622 g/mol. The van der Waals surface area contributed by atoms with E-state index >= 15 is 0 Å². The summed E-state index contributed by atoms with van der Waals surface area (Å²) in [5, 5.41) is 14.0. The minimum atomic E-state index is -0.855. The van der Waals surface area contributed by atoms with Crippen molar-refractivity contribution in [3.05, 3.63) is 88.0 Å². The molecule has 236 valence electrons. The van der Waals surface area contributed by atoms with Crippen molar-refractivity contribution in [2.45, 2.75) is 37.6 Å². The average Bonchev–Trinajstić information content (AvgIpc) is 3.75. The van der Waals surface area contributed by atoms with Gasteiger partial charge in [0.15, 0.2) is 0 Å². The number of amides is 3. The van der Waals surface area contributed by atoms with Crippen molar-refractivity contribution in [2.75, 3.05) is 45.3 Å². The molecule has 3 aromatic heterocycles. The van der Waals surface area contributed by atoms with Crippen LogP contribution in [0.4, 0.5) is 5.82 Å². The number of ether oxygens (including phenoxy) is 2. The number of anilines is 1. The maximum absolute atomic E-state index is 13.8. The Kier molecular flexibility index (Phi) is 7.83. The Bertz CT molecular complexity index is 1880. The lowest BCUT2D eigenvalue weighted by molar-refractivity contribution is -0.132. The number of aromatic amines is 1. The van der Waals surface area contributed by atoms with Gasteiger partial charge in [0, 0.05) is 49.3 Å². The Morgan fingerprint density at radius 3 is 2.80 bits per heavy atom. The molecule has 0 radical (unpaired) electrons. The van der Waals surface area contributed by atoms with Crippen molar-refractivity contribution in [1.82, 2.24) is 30.4 Å². The first-order chi connectivity index (χ1) is 22.3. The largest absolute Gasteiger partial charge is 0.377 e. The van der Waals surface area contributed by atoms with Crippen LogP contribution >= 0.6 is 0 Å². The first-order valence-corrected chi connectivity index (χ1v) is 15.4. The van der Waals surface area contributed by atoms with Crippen LogP contribution in [0, 0.1) is 6.92 Å². The lowest BCUT2D eigenvalue weighted by Crippen LogP contribution is -2.49. The van der Waals surface area contributed by atoms with Gasteiger partial charge in [-0.2, -0.15) is 5.10 Å². The minimum absolute atomic E-state index is 0.128. The summed E-state index contributed by atoms with van der Waals surface area (Å²) in [6, 6.07) is 8.63. The highest BCUT2D eigenvalue weighted by molar-refractivity contribution is 6.06. The highest BCUT2D eigenvalue weighted by Gasteiger charge is 2.52. The molecule has 5 bridgehead atoms. The number of H-pyrrole nitrogens is 1. The fourth-order valence-corrected chi connectivity index (χ4v) is 6.61. The zero-order valence-electron chi connectivity index (χ0n) is 25.8. The molecule has 1 unspecified atom stereocenters. The van der Waals surface area contributed by atoms with E-state index < -0.39 is 17.4 Å². The first kappa shape index (κ1) is 29.8. The fraction of sp³-hybridized carbons (Fsp3) is 0.353. The van der Waals surface area contributed by atoms with Crippen molar-refractivity contribution < 1.29 is 23.9 Å². The molecule has 3 N–H and O–H groups in total. The van der Waals surface area contributed by atoms with E-state index in [1.54, 1.807) is 30.4 Å². The van der Waals surface area contributed by atoms with Crippen LogP contribution in [0.3, 0.4) is 0 Å². The molecule has 2 atom stereocenters. The Morgan fingerprint density at radius 2 is 1.91 bits per heavy atom. The second kappa shape index (κ2) is 12.1. The van der Waals surface area contributed by atoms with Gasteiger partial charge in [-0.1, -0.05) is 24.3 Å². The molecule has 1 aromatic carbocycles. The number of likely N-dealkylation sites (N-methyl/N-ethyl adjacent to an activating group) is 1. The molecule has 1 spiro atoms. The molecule has 1 aliphatic carbocycles. The Labute approximate surface area is 265 Å². The van der Waals surface area contributed by atoms with Crippen molar-refractivity contribution in [2.24, 2.45) is 0 Å². The molecule has 5 heterocycles. The maximum atomic E-state index is 13.8. The quantitative estimate of drug-likeness (QED) is 0.309. The summed E-state index contributed by atoms with van der Waals surface area (Å²) < 4.78 is 11.4. The minimum Gasteiger partial charge on any atom is -0.377 e. The highest BCUT2D eigenvalue weighted by atomic mass is 16.5. The molecule has 4 aromatic rings. The van der Waals surface area contributed by atoms with Crippen molar-refractivity contribution in [1.29, 1.82) is 0 Å². The van der Waals surface area contributed by atoms with Crippen LogP contribution in [0.1, 0.15) is 44.0 Å². The molecule has 46 heavy (non-hydrogen) atoms. The van der Waals surface area contributed by atoms with Crippen molar-refractivity contribution in [3.8, 4) is 0 Å². The highest BCUT2D eigenvalue weighted by Crippen LogP contribution is 2.46. The lowest BCUT2D eigenvalue weighted by Gasteiger charge is -2.25. The number of aromatic nitrogens is 4. The van der Waals surface area contributed by atoms with E-state index in [1.807, 2.05) is 43.3 Å². The number of pyridine rings is 2. The molecule has 12 nitrogen and oxygen atoms in total. The van der Waals surface area contributed by atoms with Gasteiger partial charge in [-0.05, 0) is 53.8 Å². The number of nitrogens with zero attached hydrogens (tertiary/aromatic N) is 4. The molecule has 3 amide bonds. The fourth-order valence-electron chi connectivity index (χ4n) is 6.61. The van der Waals surface area contributed by atoms with Crippen LogP contribution < -0.4 is 10.6 Å². The van der Waals surface area contributed by atoms with E-state index in [2.05, 4.69) is 25.8 Å². The number of nitrogens with one attached hydrogen (secondary N) is 3. The number of aryl methyl sites for hydroxylation is 1. The van der Waals surface area contributed by atoms with E-state index in [0.29, 0.717) is 57.3 Å². The van der Waals surface area contributed by atoms with E-state index in [0.717, 1.165) is 38.7 Å².